The maximum absolute atomic E-state index is 10.7. The second-order valence-electron chi connectivity index (χ2n) is 4.23. The fourth-order valence-electron chi connectivity index (χ4n) is 2.15. The summed E-state index contributed by atoms with van der Waals surface area (Å²) in [6.45, 7) is 2.08. The number of carbonyl (C=O) groups is 1. The molecule has 0 aromatic heterocycles. The molecule has 0 spiro atoms. The van der Waals surface area contributed by atoms with Gasteiger partial charge in [-0.15, -0.1) is 0 Å². The van der Waals surface area contributed by atoms with Gasteiger partial charge in [0.15, 0.2) is 6.29 Å². The van der Waals surface area contributed by atoms with Crippen LogP contribution < -0.4 is 0 Å². The normalized spacial score (nSPS) is 14.3. The van der Waals surface area contributed by atoms with Gasteiger partial charge in [0.1, 0.15) is 5.71 Å². The summed E-state index contributed by atoms with van der Waals surface area (Å²) in [6.07, 6.45) is 4.91. The van der Waals surface area contributed by atoms with Gasteiger partial charge in [-0.3, -0.25) is 4.79 Å². The third kappa shape index (κ3) is 2.70. The van der Waals surface area contributed by atoms with Gasteiger partial charge in [-0.25, -0.2) is 4.99 Å². The van der Waals surface area contributed by atoms with Crippen LogP contribution in [0.1, 0.15) is 31.7 Å². The number of aliphatic imine (C=N–C) groups is 1. The van der Waals surface area contributed by atoms with Crippen molar-refractivity contribution in [1.29, 1.82) is 0 Å². The number of rotatable bonds is 6. The van der Waals surface area contributed by atoms with Gasteiger partial charge < -0.3 is 0 Å². The summed E-state index contributed by atoms with van der Waals surface area (Å²) in [7, 11) is 0. The average Bonchev–Trinajstić information content (AvgIpc) is 2.36. The Kier molecular flexibility index (Phi) is 3.86. The highest BCUT2D eigenvalue weighted by molar-refractivity contribution is 6.39. The van der Waals surface area contributed by atoms with Crippen molar-refractivity contribution in [2.75, 3.05) is 0 Å². The van der Waals surface area contributed by atoms with E-state index < -0.39 is 0 Å². The summed E-state index contributed by atoms with van der Waals surface area (Å²) in [4.78, 5) is 14.9. The Morgan fingerprint density at radius 3 is 2.59 bits per heavy atom. The largest absolute Gasteiger partial charge is 0.296 e. The van der Waals surface area contributed by atoms with Crippen LogP contribution in [0.2, 0.25) is 0 Å². The summed E-state index contributed by atoms with van der Waals surface area (Å²) >= 11 is 0. The lowest BCUT2D eigenvalue weighted by Crippen LogP contribution is -2.16. The number of nitrogens with zero attached hydrogens (tertiary/aromatic N) is 1. The maximum atomic E-state index is 10.7. The number of allylic oxidation sites excluding steroid dienone is 2. The zero-order valence-corrected chi connectivity index (χ0v) is 10.1. The highest BCUT2D eigenvalue weighted by Crippen LogP contribution is 2.26. The van der Waals surface area contributed by atoms with E-state index in [0.29, 0.717) is 5.71 Å². The lowest BCUT2D eigenvalue weighted by Gasteiger charge is -2.18. The molecule has 0 saturated heterocycles. The highest BCUT2D eigenvalue weighted by Gasteiger charge is 2.19. The summed E-state index contributed by atoms with van der Waals surface area (Å²) in [5, 5.41) is 0. The minimum Gasteiger partial charge on any atom is -0.296 e. The quantitative estimate of drug-likeness (QED) is 0.685. The van der Waals surface area contributed by atoms with Gasteiger partial charge in [0.2, 0.25) is 0 Å². The Balaban J connectivity index is 1.85. The van der Waals surface area contributed by atoms with Crippen molar-refractivity contribution in [3.63, 3.8) is 0 Å². The molecule has 0 amide bonds. The molecule has 0 aliphatic carbocycles. The summed E-state index contributed by atoms with van der Waals surface area (Å²) in [6, 6.07) is 10.4. The van der Waals surface area contributed by atoms with E-state index in [4.69, 9.17) is 0 Å². The lowest BCUT2D eigenvalue weighted by molar-refractivity contribution is -0.102. The first kappa shape index (κ1) is 11.8. The number of hydrogen-bond acceptors (Lipinski definition) is 2. The molecule has 0 atom stereocenters. The molecule has 0 bridgehead atoms. The highest BCUT2D eigenvalue weighted by atomic mass is 16.1. The summed E-state index contributed by atoms with van der Waals surface area (Å²) in [5.41, 5.74) is 4.31. The molecule has 1 aromatic carbocycles. The maximum Gasteiger partial charge on any atom is 0.168 e. The number of carbonyl (C=O) groups excluding carboxylic acids is 1. The van der Waals surface area contributed by atoms with Crippen LogP contribution in [-0.4, -0.2) is 12.0 Å². The second kappa shape index (κ2) is 5.58. The van der Waals surface area contributed by atoms with Crippen LogP contribution >= 0.6 is 0 Å². The molecule has 2 heteroatoms. The first-order chi connectivity index (χ1) is 8.35. The van der Waals surface area contributed by atoms with Crippen molar-refractivity contribution in [1.82, 2.24) is 0 Å². The van der Waals surface area contributed by atoms with Gasteiger partial charge in [0, 0.05) is 11.3 Å². The van der Waals surface area contributed by atoms with E-state index in [-0.39, 0.29) is 0 Å². The predicted octanol–water partition coefficient (Wildman–Crippen LogP) is 3.33. The second-order valence-corrected chi connectivity index (χ2v) is 4.23. The number of hydrogen-bond donors (Lipinski definition) is 0. The van der Waals surface area contributed by atoms with E-state index in [0.717, 1.165) is 37.7 Å². The van der Waals surface area contributed by atoms with Crippen LogP contribution in [0, 0.1) is 0 Å². The summed E-state index contributed by atoms with van der Waals surface area (Å²) in [5.74, 6) is 0. The molecule has 2 nitrogen and oxygen atoms in total. The van der Waals surface area contributed by atoms with Crippen LogP contribution in [0.5, 0.6) is 0 Å². The van der Waals surface area contributed by atoms with Crippen molar-refractivity contribution < 1.29 is 4.79 Å². The van der Waals surface area contributed by atoms with E-state index in [1.165, 1.54) is 11.1 Å². The standard InChI is InChI=1S/C15H17NO/c1-2-14-13(15(11-17)16-14)10-6-9-12-7-4-3-5-8-12/h3-5,7-8,11H,2,6,9-10H2,1H3. The molecule has 2 rings (SSSR count). The number of benzene rings is 1. The van der Waals surface area contributed by atoms with Crippen molar-refractivity contribution in [3.05, 3.63) is 47.2 Å². The fourth-order valence-corrected chi connectivity index (χ4v) is 2.15. The van der Waals surface area contributed by atoms with E-state index in [1.807, 2.05) is 6.07 Å². The van der Waals surface area contributed by atoms with Crippen LogP contribution in [0.15, 0.2) is 46.6 Å². The smallest absolute Gasteiger partial charge is 0.168 e. The minimum atomic E-state index is 0.662. The molecule has 1 aromatic rings. The lowest BCUT2D eigenvalue weighted by atomic mass is 9.95. The third-order valence-corrected chi connectivity index (χ3v) is 3.09. The predicted molar refractivity (Wildman–Crippen MR) is 70.2 cm³/mol. The van der Waals surface area contributed by atoms with Crippen LogP contribution in [0.3, 0.4) is 0 Å². The molecule has 0 unspecified atom stereocenters. The van der Waals surface area contributed by atoms with Crippen molar-refractivity contribution in [3.8, 4) is 0 Å². The molecule has 1 heterocycles. The molecule has 1 aliphatic rings. The SMILES string of the molecule is CCC1=C(CCCc2ccccc2)C(C=O)=N1. The minimum absolute atomic E-state index is 0.662. The Hall–Kier alpha value is -1.70. The third-order valence-electron chi connectivity index (χ3n) is 3.09. The Morgan fingerprint density at radius 1 is 1.18 bits per heavy atom. The number of aldehydes is 1. The van der Waals surface area contributed by atoms with Gasteiger partial charge in [0.25, 0.3) is 0 Å². The van der Waals surface area contributed by atoms with Crippen molar-refractivity contribution >= 4 is 12.0 Å². The van der Waals surface area contributed by atoms with E-state index in [2.05, 4.69) is 36.2 Å². The molecule has 0 saturated carbocycles. The average molecular weight is 227 g/mol. The summed E-state index contributed by atoms with van der Waals surface area (Å²) < 4.78 is 0. The first-order valence-corrected chi connectivity index (χ1v) is 6.15. The molecular weight excluding hydrogens is 210 g/mol. The fraction of sp³-hybridized carbons (Fsp3) is 0.333. The molecular formula is C15H17NO. The zero-order valence-electron chi connectivity index (χ0n) is 10.1. The number of aryl methyl sites for hydroxylation is 1. The van der Waals surface area contributed by atoms with Crippen LogP contribution in [0.25, 0.3) is 0 Å². The van der Waals surface area contributed by atoms with Crippen molar-refractivity contribution in [2.24, 2.45) is 4.99 Å². The van der Waals surface area contributed by atoms with E-state index >= 15 is 0 Å². The molecule has 88 valence electrons. The van der Waals surface area contributed by atoms with Gasteiger partial charge in [0.05, 0.1) is 0 Å². The monoisotopic (exact) mass is 227 g/mol. The van der Waals surface area contributed by atoms with E-state index in [1.54, 1.807) is 0 Å². The van der Waals surface area contributed by atoms with Crippen LogP contribution in [0.4, 0.5) is 0 Å². The Labute approximate surface area is 102 Å². The topological polar surface area (TPSA) is 29.4 Å². The van der Waals surface area contributed by atoms with Gasteiger partial charge in [-0.2, -0.15) is 0 Å². The van der Waals surface area contributed by atoms with Gasteiger partial charge in [-0.1, -0.05) is 37.3 Å². The van der Waals surface area contributed by atoms with Gasteiger partial charge in [-0.05, 0) is 31.2 Å². The molecule has 0 radical (unpaired) electrons. The van der Waals surface area contributed by atoms with Crippen molar-refractivity contribution in [2.45, 2.75) is 32.6 Å². The van der Waals surface area contributed by atoms with Crippen LogP contribution in [-0.2, 0) is 11.2 Å². The van der Waals surface area contributed by atoms with Gasteiger partial charge >= 0.3 is 0 Å². The Bertz CT molecular complexity index is 457. The van der Waals surface area contributed by atoms with E-state index in [9.17, 15) is 4.79 Å². The molecule has 0 N–H and O–H groups in total. The zero-order chi connectivity index (χ0) is 12.1. The first-order valence-electron chi connectivity index (χ1n) is 6.15. The molecule has 1 aliphatic heterocycles. The Morgan fingerprint density at radius 2 is 1.94 bits per heavy atom. The molecule has 17 heavy (non-hydrogen) atoms. The molecule has 0 fully saturated rings.